The molecule has 2 aromatic carbocycles. The summed E-state index contributed by atoms with van der Waals surface area (Å²) in [5.74, 6) is -0.464. The fraction of sp³-hybridized carbons (Fsp3) is 0.348. The minimum atomic E-state index is -0.857. The van der Waals surface area contributed by atoms with E-state index in [1.807, 2.05) is 26.0 Å². The largest absolute Gasteiger partial charge is 0.354 e. The Morgan fingerprint density at radius 3 is 2.55 bits per heavy atom. The SMILES string of the molecule is CC1(C#N)CC(N2C(=N)N[C@](C)(c3cccc(Nc4ccc(F)cc4)c3Cl)CC2=O)C1. The molecule has 1 atom stereocenters. The summed E-state index contributed by atoms with van der Waals surface area (Å²) in [6.45, 7) is 3.72. The van der Waals surface area contributed by atoms with Crippen LogP contribution < -0.4 is 10.6 Å². The van der Waals surface area contributed by atoms with E-state index in [1.54, 1.807) is 18.2 Å². The molecule has 1 heterocycles. The van der Waals surface area contributed by atoms with Gasteiger partial charge in [-0.25, -0.2) is 4.39 Å². The molecule has 0 aromatic heterocycles. The van der Waals surface area contributed by atoms with E-state index >= 15 is 0 Å². The summed E-state index contributed by atoms with van der Waals surface area (Å²) in [4.78, 5) is 14.5. The molecule has 1 aliphatic heterocycles. The maximum Gasteiger partial charge on any atom is 0.232 e. The van der Waals surface area contributed by atoms with Gasteiger partial charge in [-0.3, -0.25) is 15.1 Å². The van der Waals surface area contributed by atoms with Crippen molar-refractivity contribution in [2.45, 2.75) is 44.7 Å². The van der Waals surface area contributed by atoms with Crippen LogP contribution in [0.3, 0.4) is 0 Å². The molecule has 6 nitrogen and oxygen atoms in total. The van der Waals surface area contributed by atoms with Crippen LogP contribution in [0, 0.1) is 28.0 Å². The number of nitrogens with one attached hydrogen (secondary N) is 3. The Balaban J connectivity index is 1.56. The predicted octanol–water partition coefficient (Wildman–Crippen LogP) is 4.89. The summed E-state index contributed by atoms with van der Waals surface area (Å²) < 4.78 is 13.2. The highest BCUT2D eigenvalue weighted by atomic mass is 35.5. The van der Waals surface area contributed by atoms with Crippen LogP contribution >= 0.6 is 11.6 Å². The van der Waals surface area contributed by atoms with Crippen LogP contribution in [0.15, 0.2) is 42.5 Å². The monoisotopic (exact) mass is 439 g/mol. The zero-order chi connectivity index (χ0) is 22.4. The third-order valence-electron chi connectivity index (χ3n) is 6.13. The van der Waals surface area contributed by atoms with Crippen LogP contribution in [0.2, 0.25) is 5.02 Å². The number of benzene rings is 2. The third kappa shape index (κ3) is 3.84. The minimum Gasteiger partial charge on any atom is -0.354 e. The second-order valence-electron chi connectivity index (χ2n) is 8.78. The number of nitrogens with zero attached hydrogens (tertiary/aromatic N) is 2. The Labute approximate surface area is 185 Å². The first-order valence-electron chi connectivity index (χ1n) is 10.1. The second kappa shape index (κ2) is 7.54. The molecule has 0 spiro atoms. The Morgan fingerprint density at radius 1 is 1.26 bits per heavy atom. The molecule has 1 amide bonds. The van der Waals surface area contributed by atoms with Gasteiger partial charge in [-0.1, -0.05) is 23.7 Å². The van der Waals surface area contributed by atoms with Crippen molar-refractivity contribution < 1.29 is 9.18 Å². The molecular weight excluding hydrogens is 417 g/mol. The zero-order valence-corrected chi connectivity index (χ0v) is 18.1. The van der Waals surface area contributed by atoms with E-state index in [2.05, 4.69) is 16.7 Å². The van der Waals surface area contributed by atoms with Gasteiger partial charge >= 0.3 is 0 Å². The molecule has 2 aromatic rings. The molecule has 0 bridgehead atoms. The maximum absolute atomic E-state index is 13.2. The van der Waals surface area contributed by atoms with E-state index in [0.29, 0.717) is 34.8 Å². The molecule has 1 aliphatic carbocycles. The highest BCUT2D eigenvalue weighted by molar-refractivity contribution is 6.34. The minimum absolute atomic E-state index is 0.0247. The fourth-order valence-electron chi connectivity index (χ4n) is 4.42. The van der Waals surface area contributed by atoms with E-state index in [4.69, 9.17) is 17.0 Å². The number of carbonyl (C=O) groups is 1. The Morgan fingerprint density at radius 2 is 1.94 bits per heavy atom. The molecule has 8 heteroatoms. The van der Waals surface area contributed by atoms with Gasteiger partial charge in [0.1, 0.15) is 5.82 Å². The van der Waals surface area contributed by atoms with Gasteiger partial charge in [0.2, 0.25) is 5.91 Å². The maximum atomic E-state index is 13.2. The summed E-state index contributed by atoms with van der Waals surface area (Å²) in [6.07, 6.45) is 1.26. The summed E-state index contributed by atoms with van der Waals surface area (Å²) in [5.41, 5.74) is 0.705. The number of rotatable bonds is 4. The van der Waals surface area contributed by atoms with Crippen molar-refractivity contribution in [3.63, 3.8) is 0 Å². The van der Waals surface area contributed by atoms with Crippen LogP contribution in [0.1, 0.15) is 38.7 Å². The Kier molecular flexibility index (Phi) is 5.14. The average molecular weight is 440 g/mol. The van der Waals surface area contributed by atoms with Crippen LogP contribution in [-0.2, 0) is 10.3 Å². The van der Waals surface area contributed by atoms with Crippen molar-refractivity contribution in [3.8, 4) is 6.07 Å². The number of hydrogen-bond donors (Lipinski definition) is 3. The standard InChI is InChI=1S/C23H23ClFN5O/c1-22(13-26)10-16(11-22)30-19(31)12-23(2,29-21(30)27)17-4-3-5-18(20(17)24)28-15-8-6-14(25)7-9-15/h3-9,16,28H,10-12H2,1-2H3,(H2,27,29)/t16?,22?,23-/m0/s1. The highest BCUT2D eigenvalue weighted by Gasteiger charge is 2.50. The Bertz CT molecular complexity index is 1070. The van der Waals surface area contributed by atoms with Gasteiger partial charge in [0, 0.05) is 11.7 Å². The van der Waals surface area contributed by atoms with Gasteiger partial charge in [0.25, 0.3) is 0 Å². The number of guanidine groups is 1. The van der Waals surface area contributed by atoms with Crippen molar-refractivity contribution in [1.29, 1.82) is 10.7 Å². The molecule has 160 valence electrons. The van der Waals surface area contributed by atoms with Gasteiger partial charge in [-0.05, 0) is 62.6 Å². The van der Waals surface area contributed by atoms with Crippen LogP contribution in [0.4, 0.5) is 15.8 Å². The lowest BCUT2D eigenvalue weighted by atomic mass is 9.67. The summed E-state index contributed by atoms with van der Waals surface area (Å²) in [5, 5.41) is 24.5. The van der Waals surface area contributed by atoms with Gasteiger partial charge in [-0.15, -0.1) is 0 Å². The van der Waals surface area contributed by atoms with E-state index < -0.39 is 11.0 Å². The number of amides is 1. The van der Waals surface area contributed by atoms with Crippen molar-refractivity contribution in [2.24, 2.45) is 5.41 Å². The molecule has 4 rings (SSSR count). The van der Waals surface area contributed by atoms with Gasteiger partial charge in [0.15, 0.2) is 5.96 Å². The lowest BCUT2D eigenvalue weighted by Crippen LogP contribution is -2.65. The zero-order valence-electron chi connectivity index (χ0n) is 17.3. The third-order valence-corrected chi connectivity index (χ3v) is 6.54. The highest BCUT2D eigenvalue weighted by Crippen LogP contribution is 2.45. The summed E-state index contributed by atoms with van der Waals surface area (Å²) >= 11 is 6.69. The summed E-state index contributed by atoms with van der Waals surface area (Å²) in [6, 6.07) is 13.5. The first-order chi connectivity index (χ1) is 14.6. The van der Waals surface area contributed by atoms with E-state index in [-0.39, 0.29) is 30.1 Å². The van der Waals surface area contributed by atoms with E-state index in [1.165, 1.54) is 17.0 Å². The van der Waals surface area contributed by atoms with E-state index in [9.17, 15) is 14.4 Å². The predicted molar refractivity (Wildman–Crippen MR) is 118 cm³/mol. The molecule has 2 fully saturated rings. The number of anilines is 2. The molecule has 31 heavy (non-hydrogen) atoms. The Hall–Kier alpha value is -3.11. The van der Waals surface area contributed by atoms with Gasteiger partial charge in [0.05, 0.1) is 34.2 Å². The topological polar surface area (TPSA) is 92.0 Å². The molecule has 1 saturated heterocycles. The van der Waals surface area contributed by atoms with Crippen molar-refractivity contribution >= 4 is 34.8 Å². The molecule has 0 unspecified atom stereocenters. The molecule has 0 radical (unpaired) electrons. The number of nitriles is 1. The van der Waals surface area contributed by atoms with E-state index in [0.717, 1.165) is 0 Å². The van der Waals surface area contributed by atoms with Gasteiger partial charge < -0.3 is 10.6 Å². The second-order valence-corrected chi connectivity index (χ2v) is 9.16. The normalized spacial score (nSPS) is 27.8. The molecule has 3 N–H and O–H groups in total. The van der Waals surface area contributed by atoms with Crippen LogP contribution in [0.25, 0.3) is 0 Å². The van der Waals surface area contributed by atoms with Crippen molar-refractivity contribution in [1.82, 2.24) is 10.2 Å². The first kappa shape index (κ1) is 21.1. The molecule has 1 saturated carbocycles. The smallest absolute Gasteiger partial charge is 0.232 e. The average Bonchev–Trinajstić information content (AvgIpc) is 2.69. The summed E-state index contributed by atoms with van der Waals surface area (Å²) in [7, 11) is 0. The number of halogens is 2. The molecular formula is C23H23ClFN5O. The van der Waals surface area contributed by atoms with Crippen molar-refractivity contribution in [2.75, 3.05) is 5.32 Å². The van der Waals surface area contributed by atoms with Crippen LogP contribution in [-0.4, -0.2) is 22.8 Å². The van der Waals surface area contributed by atoms with Crippen LogP contribution in [0.5, 0.6) is 0 Å². The fourth-order valence-corrected chi connectivity index (χ4v) is 4.81. The number of hydrogen-bond acceptors (Lipinski definition) is 4. The van der Waals surface area contributed by atoms with Gasteiger partial charge in [-0.2, -0.15) is 5.26 Å². The lowest BCUT2D eigenvalue weighted by molar-refractivity contribution is -0.135. The van der Waals surface area contributed by atoms with Crippen molar-refractivity contribution in [3.05, 3.63) is 58.9 Å². The first-order valence-corrected chi connectivity index (χ1v) is 10.4. The quantitative estimate of drug-likeness (QED) is 0.632. The number of carbonyl (C=O) groups excluding carboxylic acids is 1. The lowest BCUT2D eigenvalue weighted by Gasteiger charge is -2.50. The molecule has 2 aliphatic rings.